The largest absolute Gasteiger partial charge is 0.0651 e. The van der Waals surface area contributed by atoms with Crippen LogP contribution in [0.15, 0.2) is 0 Å². The molecule has 0 aliphatic rings. The van der Waals surface area contributed by atoms with Crippen LogP contribution in [0.3, 0.4) is 0 Å². The fourth-order valence-corrected chi connectivity index (χ4v) is 3.93. The second kappa shape index (κ2) is 22.0. The van der Waals surface area contributed by atoms with E-state index in [4.69, 9.17) is 0 Å². The first kappa shape index (κ1) is 25.0. The van der Waals surface area contributed by atoms with E-state index >= 15 is 0 Å². The van der Waals surface area contributed by atoms with Crippen LogP contribution in [0.1, 0.15) is 142 Å². The Hall–Kier alpha value is 0. The van der Waals surface area contributed by atoms with Gasteiger partial charge in [0.25, 0.3) is 0 Å². The van der Waals surface area contributed by atoms with Gasteiger partial charge in [0.15, 0.2) is 0 Å². The summed E-state index contributed by atoms with van der Waals surface area (Å²) in [6.07, 6.45) is 29.6. The Morgan fingerprint density at radius 3 is 1.12 bits per heavy atom. The SMILES string of the molecule is [CH2]CCCCCCCCCCCCCCCCCCC(CC)CC[CH2]. The topological polar surface area (TPSA) is 0 Å². The van der Waals surface area contributed by atoms with Crippen LogP contribution in [-0.2, 0) is 0 Å². The minimum Gasteiger partial charge on any atom is -0.0651 e. The molecule has 1 unspecified atom stereocenters. The van der Waals surface area contributed by atoms with Crippen molar-refractivity contribution in [3.8, 4) is 0 Å². The molecule has 0 aliphatic carbocycles. The van der Waals surface area contributed by atoms with Crippen LogP contribution < -0.4 is 0 Å². The van der Waals surface area contributed by atoms with Gasteiger partial charge in [-0.2, -0.15) is 0 Å². The first-order valence-corrected chi connectivity index (χ1v) is 11.9. The lowest BCUT2D eigenvalue weighted by Gasteiger charge is -2.12. The van der Waals surface area contributed by atoms with Crippen molar-refractivity contribution >= 4 is 0 Å². The van der Waals surface area contributed by atoms with Crippen molar-refractivity contribution in [2.75, 3.05) is 0 Å². The maximum absolute atomic E-state index is 4.00. The number of hydrogen-bond acceptors (Lipinski definition) is 0. The van der Waals surface area contributed by atoms with Gasteiger partial charge in [-0.1, -0.05) is 156 Å². The molecule has 0 spiro atoms. The molecule has 0 aliphatic heterocycles. The zero-order valence-electron chi connectivity index (χ0n) is 17.8. The summed E-state index contributed by atoms with van der Waals surface area (Å²) in [6, 6.07) is 0. The van der Waals surface area contributed by atoms with Gasteiger partial charge in [0, 0.05) is 0 Å². The molecule has 0 aromatic heterocycles. The molecule has 0 saturated heterocycles. The lowest BCUT2D eigenvalue weighted by molar-refractivity contribution is 0.413. The molecular weight excluding hydrogens is 300 g/mol. The van der Waals surface area contributed by atoms with Crippen LogP contribution in [0.2, 0.25) is 0 Å². The summed E-state index contributed by atoms with van der Waals surface area (Å²) >= 11 is 0. The summed E-state index contributed by atoms with van der Waals surface area (Å²) in [4.78, 5) is 0. The smallest absolute Gasteiger partial charge is 0.0417 e. The minimum absolute atomic E-state index is 0.950. The molecule has 0 rings (SSSR count). The van der Waals surface area contributed by atoms with Crippen LogP contribution in [0.5, 0.6) is 0 Å². The first-order valence-electron chi connectivity index (χ1n) is 11.9. The zero-order chi connectivity index (χ0) is 18.4. The van der Waals surface area contributed by atoms with Crippen molar-refractivity contribution in [2.24, 2.45) is 5.92 Å². The molecule has 0 nitrogen and oxygen atoms in total. The van der Waals surface area contributed by atoms with Crippen LogP contribution in [0, 0.1) is 19.8 Å². The summed E-state index contributed by atoms with van der Waals surface area (Å²) in [5.74, 6) is 0.950. The molecule has 0 aromatic rings. The molecule has 0 fully saturated rings. The van der Waals surface area contributed by atoms with Crippen molar-refractivity contribution in [3.63, 3.8) is 0 Å². The van der Waals surface area contributed by atoms with Gasteiger partial charge < -0.3 is 0 Å². The Morgan fingerprint density at radius 2 is 0.800 bits per heavy atom. The molecule has 0 amide bonds. The maximum Gasteiger partial charge on any atom is -0.0417 e. The first-order chi connectivity index (χ1) is 12.3. The molecule has 0 heterocycles. The van der Waals surface area contributed by atoms with E-state index in [0.29, 0.717) is 0 Å². The molecule has 1 atom stereocenters. The number of hydrogen-bond donors (Lipinski definition) is 0. The molecule has 0 N–H and O–H groups in total. The fraction of sp³-hybridized carbons (Fsp3) is 0.920. The van der Waals surface area contributed by atoms with Crippen LogP contribution >= 0.6 is 0 Å². The van der Waals surface area contributed by atoms with Crippen molar-refractivity contribution in [1.82, 2.24) is 0 Å². The van der Waals surface area contributed by atoms with Gasteiger partial charge in [-0.25, -0.2) is 0 Å². The van der Waals surface area contributed by atoms with E-state index in [1.165, 1.54) is 122 Å². The predicted octanol–water partition coefficient (Wildman–Crippen LogP) is 9.48. The van der Waals surface area contributed by atoms with Gasteiger partial charge in [-0.15, -0.1) is 0 Å². The number of rotatable bonds is 21. The Bertz CT molecular complexity index is 220. The lowest BCUT2D eigenvalue weighted by Crippen LogP contribution is -1.98. The van der Waals surface area contributed by atoms with E-state index in [9.17, 15) is 0 Å². The average Bonchev–Trinajstić information content (AvgIpc) is 2.63. The predicted molar refractivity (Wildman–Crippen MR) is 117 cm³/mol. The lowest BCUT2D eigenvalue weighted by atomic mass is 9.94. The number of unbranched alkanes of at least 4 members (excludes halogenated alkanes) is 16. The highest BCUT2D eigenvalue weighted by molar-refractivity contribution is 4.59. The molecule has 150 valence electrons. The van der Waals surface area contributed by atoms with E-state index < -0.39 is 0 Å². The van der Waals surface area contributed by atoms with E-state index in [1.807, 2.05) is 0 Å². The fourth-order valence-electron chi connectivity index (χ4n) is 3.93. The Labute approximate surface area is 161 Å². The van der Waals surface area contributed by atoms with Gasteiger partial charge in [-0.3, -0.25) is 0 Å². The Balaban J connectivity index is 3.07. The molecule has 0 heteroatoms. The highest BCUT2D eigenvalue weighted by atomic mass is 14.1. The molecule has 0 aromatic carbocycles. The normalized spacial score (nSPS) is 12.6. The van der Waals surface area contributed by atoms with Crippen molar-refractivity contribution in [1.29, 1.82) is 0 Å². The van der Waals surface area contributed by atoms with Gasteiger partial charge in [-0.05, 0) is 5.92 Å². The third-order valence-corrected chi connectivity index (χ3v) is 5.80. The second-order valence-electron chi connectivity index (χ2n) is 8.22. The van der Waals surface area contributed by atoms with Crippen LogP contribution in [-0.4, -0.2) is 0 Å². The second-order valence-corrected chi connectivity index (χ2v) is 8.22. The third kappa shape index (κ3) is 20.2. The Morgan fingerprint density at radius 1 is 0.440 bits per heavy atom. The summed E-state index contributed by atoms with van der Waals surface area (Å²) in [7, 11) is 0. The van der Waals surface area contributed by atoms with Crippen molar-refractivity contribution in [2.45, 2.75) is 142 Å². The highest BCUT2D eigenvalue weighted by Gasteiger charge is 2.04. The monoisotopic (exact) mass is 350 g/mol. The van der Waals surface area contributed by atoms with Crippen molar-refractivity contribution in [3.05, 3.63) is 13.8 Å². The molecular formula is C25H50. The molecule has 2 radical (unpaired) electrons. The van der Waals surface area contributed by atoms with Crippen molar-refractivity contribution < 1.29 is 0 Å². The standard InChI is InChI=1S/C25H50/c1-4-7-8-9-10-11-12-13-14-15-16-17-18-19-20-21-22-24-25(6-3)23-5-2/h25H,1-2,4-24H2,3H3. The van der Waals surface area contributed by atoms with Crippen LogP contribution in [0.4, 0.5) is 0 Å². The van der Waals surface area contributed by atoms with E-state index in [2.05, 4.69) is 20.8 Å². The van der Waals surface area contributed by atoms with Gasteiger partial charge in [0.2, 0.25) is 0 Å². The maximum atomic E-state index is 4.00. The molecule has 25 heavy (non-hydrogen) atoms. The average molecular weight is 351 g/mol. The molecule has 0 bridgehead atoms. The summed E-state index contributed by atoms with van der Waals surface area (Å²) < 4.78 is 0. The van der Waals surface area contributed by atoms with E-state index in [-0.39, 0.29) is 0 Å². The van der Waals surface area contributed by atoms with E-state index in [1.54, 1.807) is 0 Å². The molecule has 0 saturated carbocycles. The Kier molecular flexibility index (Phi) is 22.0. The minimum atomic E-state index is 0.950. The summed E-state index contributed by atoms with van der Waals surface area (Å²) in [6.45, 7) is 10.2. The zero-order valence-corrected chi connectivity index (χ0v) is 17.8. The highest BCUT2D eigenvalue weighted by Crippen LogP contribution is 2.20. The quantitative estimate of drug-likeness (QED) is 0.181. The summed E-state index contributed by atoms with van der Waals surface area (Å²) in [5.41, 5.74) is 0. The van der Waals surface area contributed by atoms with Gasteiger partial charge in [0.05, 0.1) is 0 Å². The third-order valence-electron chi connectivity index (χ3n) is 5.80. The van der Waals surface area contributed by atoms with Gasteiger partial charge in [0.1, 0.15) is 0 Å². The van der Waals surface area contributed by atoms with E-state index in [0.717, 1.165) is 18.8 Å². The summed E-state index contributed by atoms with van der Waals surface area (Å²) in [5, 5.41) is 0. The van der Waals surface area contributed by atoms with Crippen LogP contribution in [0.25, 0.3) is 0 Å². The van der Waals surface area contributed by atoms with Gasteiger partial charge >= 0.3 is 0 Å².